The van der Waals surface area contributed by atoms with E-state index in [2.05, 4.69) is 16.0 Å². The first kappa shape index (κ1) is 13.3. The van der Waals surface area contributed by atoms with Crippen molar-refractivity contribution in [1.82, 2.24) is 9.88 Å². The van der Waals surface area contributed by atoms with E-state index in [1.165, 1.54) is 24.9 Å². The third-order valence-corrected chi connectivity index (χ3v) is 3.62. The van der Waals surface area contributed by atoms with Crippen LogP contribution in [0.4, 0.5) is 0 Å². The number of pyridine rings is 1. The lowest BCUT2D eigenvalue weighted by molar-refractivity contribution is 0.161. The largest absolute Gasteiger partial charge is 0.481 e. The van der Waals surface area contributed by atoms with E-state index in [9.17, 15) is 0 Å². The summed E-state index contributed by atoms with van der Waals surface area (Å²) in [6.07, 6.45) is 5.50. The molecule has 1 saturated heterocycles. The highest BCUT2D eigenvalue weighted by Crippen LogP contribution is 2.23. The smallest absolute Gasteiger partial charge is 0.217 e. The first-order valence-corrected chi connectivity index (χ1v) is 6.73. The maximum absolute atomic E-state index is 5.65. The van der Waals surface area contributed by atoms with Crippen LogP contribution < -0.4 is 10.5 Å². The lowest BCUT2D eigenvalue weighted by Gasteiger charge is -2.32. The van der Waals surface area contributed by atoms with Crippen molar-refractivity contribution in [3.05, 3.63) is 23.9 Å². The summed E-state index contributed by atoms with van der Waals surface area (Å²) in [7, 11) is 1.68. The van der Waals surface area contributed by atoms with Crippen LogP contribution in [0.15, 0.2) is 18.3 Å². The van der Waals surface area contributed by atoms with Crippen LogP contribution in [0.2, 0.25) is 0 Å². The highest BCUT2D eigenvalue weighted by molar-refractivity contribution is 5.25. The van der Waals surface area contributed by atoms with Gasteiger partial charge >= 0.3 is 0 Å². The van der Waals surface area contributed by atoms with Gasteiger partial charge in [0, 0.05) is 24.8 Å². The van der Waals surface area contributed by atoms with Crippen LogP contribution in [0.3, 0.4) is 0 Å². The molecule has 1 aliphatic rings. The number of hydrogen-bond donors (Lipinski definition) is 1. The summed E-state index contributed by atoms with van der Waals surface area (Å²) >= 11 is 0. The quantitative estimate of drug-likeness (QED) is 0.862. The van der Waals surface area contributed by atoms with Crippen LogP contribution in [0.25, 0.3) is 0 Å². The van der Waals surface area contributed by atoms with E-state index in [-0.39, 0.29) is 0 Å². The van der Waals surface area contributed by atoms with Gasteiger partial charge in [0.05, 0.1) is 7.11 Å². The first-order valence-electron chi connectivity index (χ1n) is 6.73. The molecule has 100 valence electrons. The van der Waals surface area contributed by atoms with Crippen LogP contribution in [0.5, 0.6) is 5.88 Å². The van der Waals surface area contributed by atoms with E-state index >= 15 is 0 Å². The lowest BCUT2D eigenvalue weighted by Crippen LogP contribution is -2.35. The summed E-state index contributed by atoms with van der Waals surface area (Å²) in [6.45, 7) is 4.04. The van der Waals surface area contributed by atoms with Gasteiger partial charge in [-0.3, -0.25) is 4.90 Å². The summed E-state index contributed by atoms with van der Waals surface area (Å²) in [5, 5.41) is 0. The highest BCUT2D eigenvalue weighted by Gasteiger charge is 2.20. The number of aromatic nitrogens is 1. The molecular weight excluding hydrogens is 226 g/mol. The van der Waals surface area contributed by atoms with Crippen LogP contribution in [-0.4, -0.2) is 36.6 Å². The molecule has 0 aromatic carbocycles. The first-order chi connectivity index (χ1) is 8.83. The molecule has 1 unspecified atom stereocenters. The molecule has 2 N–H and O–H groups in total. The fourth-order valence-electron chi connectivity index (χ4n) is 2.74. The molecule has 4 heteroatoms. The van der Waals surface area contributed by atoms with Crippen molar-refractivity contribution in [3.63, 3.8) is 0 Å². The Kier molecular flexibility index (Phi) is 4.96. The van der Waals surface area contributed by atoms with Crippen molar-refractivity contribution < 1.29 is 4.74 Å². The number of likely N-dealkylation sites (tertiary alicyclic amines) is 1. The van der Waals surface area contributed by atoms with Crippen molar-refractivity contribution in [2.45, 2.75) is 25.8 Å². The van der Waals surface area contributed by atoms with E-state index in [4.69, 9.17) is 10.5 Å². The molecule has 1 aromatic heterocycles. The Balaban J connectivity index is 1.96. The van der Waals surface area contributed by atoms with Gasteiger partial charge in [0.15, 0.2) is 0 Å². The molecule has 1 fully saturated rings. The van der Waals surface area contributed by atoms with Crippen molar-refractivity contribution in [2.75, 3.05) is 26.7 Å². The van der Waals surface area contributed by atoms with Crippen LogP contribution in [-0.2, 0) is 6.54 Å². The number of hydrogen-bond acceptors (Lipinski definition) is 4. The zero-order valence-corrected chi connectivity index (χ0v) is 11.1. The van der Waals surface area contributed by atoms with Crippen LogP contribution in [0.1, 0.15) is 24.8 Å². The molecule has 0 saturated carbocycles. The Morgan fingerprint density at radius 2 is 2.44 bits per heavy atom. The molecule has 0 bridgehead atoms. The molecule has 1 aliphatic heterocycles. The Hall–Kier alpha value is -1.13. The van der Waals surface area contributed by atoms with E-state index < -0.39 is 0 Å². The van der Waals surface area contributed by atoms with Gasteiger partial charge < -0.3 is 10.5 Å². The molecular formula is C14H23N3O. The molecule has 2 heterocycles. The maximum Gasteiger partial charge on any atom is 0.217 e. The van der Waals surface area contributed by atoms with E-state index in [0.717, 1.165) is 37.9 Å². The van der Waals surface area contributed by atoms with Gasteiger partial charge in [-0.25, -0.2) is 4.98 Å². The van der Waals surface area contributed by atoms with Gasteiger partial charge in [-0.1, -0.05) is 6.07 Å². The maximum atomic E-state index is 5.65. The fraction of sp³-hybridized carbons (Fsp3) is 0.643. The number of piperidine rings is 1. The number of nitrogens with two attached hydrogens (primary N) is 1. The number of rotatable bonds is 5. The summed E-state index contributed by atoms with van der Waals surface area (Å²) in [4.78, 5) is 6.74. The minimum atomic E-state index is 0.749. The monoisotopic (exact) mass is 249 g/mol. The molecule has 2 rings (SSSR count). The van der Waals surface area contributed by atoms with Gasteiger partial charge in [0.25, 0.3) is 0 Å². The van der Waals surface area contributed by atoms with E-state index in [0.29, 0.717) is 0 Å². The highest BCUT2D eigenvalue weighted by atomic mass is 16.5. The van der Waals surface area contributed by atoms with Crippen molar-refractivity contribution in [1.29, 1.82) is 0 Å². The lowest BCUT2D eigenvalue weighted by atomic mass is 9.94. The van der Waals surface area contributed by atoms with Gasteiger partial charge in [0.1, 0.15) is 0 Å². The van der Waals surface area contributed by atoms with Gasteiger partial charge in [-0.05, 0) is 44.3 Å². The molecule has 1 aromatic rings. The Morgan fingerprint density at radius 1 is 1.56 bits per heavy atom. The van der Waals surface area contributed by atoms with Gasteiger partial charge in [-0.2, -0.15) is 0 Å². The third-order valence-electron chi connectivity index (χ3n) is 3.62. The predicted molar refractivity (Wildman–Crippen MR) is 72.5 cm³/mol. The topological polar surface area (TPSA) is 51.4 Å². The van der Waals surface area contributed by atoms with Gasteiger partial charge in [0.2, 0.25) is 5.88 Å². The molecule has 0 spiro atoms. The molecule has 1 atom stereocenters. The normalized spacial score (nSPS) is 20.9. The fourth-order valence-corrected chi connectivity index (χ4v) is 2.74. The van der Waals surface area contributed by atoms with Crippen molar-refractivity contribution in [2.24, 2.45) is 11.7 Å². The second-order valence-corrected chi connectivity index (χ2v) is 4.99. The Labute approximate surface area is 109 Å². The number of nitrogens with zero attached hydrogens (tertiary/aromatic N) is 2. The number of methoxy groups -OCH3 is 1. The van der Waals surface area contributed by atoms with E-state index in [1.54, 1.807) is 13.3 Å². The van der Waals surface area contributed by atoms with Crippen molar-refractivity contribution in [3.8, 4) is 5.88 Å². The van der Waals surface area contributed by atoms with E-state index in [1.807, 2.05) is 6.07 Å². The second-order valence-electron chi connectivity index (χ2n) is 4.99. The summed E-state index contributed by atoms with van der Waals surface area (Å²) < 4.78 is 5.30. The molecule has 0 radical (unpaired) electrons. The minimum Gasteiger partial charge on any atom is -0.481 e. The Morgan fingerprint density at radius 3 is 3.22 bits per heavy atom. The zero-order chi connectivity index (χ0) is 12.8. The van der Waals surface area contributed by atoms with Crippen LogP contribution in [0, 0.1) is 5.92 Å². The predicted octanol–water partition coefficient (Wildman–Crippen LogP) is 1.65. The third kappa shape index (κ3) is 3.43. The molecule has 0 amide bonds. The second kappa shape index (κ2) is 6.71. The SMILES string of the molecule is COc1ncccc1CN1CCCC(CCN)C1. The molecule has 0 aliphatic carbocycles. The average molecular weight is 249 g/mol. The zero-order valence-electron chi connectivity index (χ0n) is 11.1. The van der Waals surface area contributed by atoms with Gasteiger partial charge in [-0.15, -0.1) is 0 Å². The standard InChI is InChI=1S/C14H23N3O/c1-18-14-13(5-2-8-16-14)11-17-9-3-4-12(10-17)6-7-15/h2,5,8,12H,3-4,6-7,9-11,15H2,1H3. The Bertz CT molecular complexity index is 368. The minimum absolute atomic E-state index is 0.749. The number of ether oxygens (including phenoxy) is 1. The summed E-state index contributed by atoms with van der Waals surface area (Å²) in [5.41, 5.74) is 6.83. The molecule has 18 heavy (non-hydrogen) atoms. The average Bonchev–Trinajstić information content (AvgIpc) is 2.40. The summed E-state index contributed by atoms with van der Waals surface area (Å²) in [6, 6.07) is 4.07. The molecule has 4 nitrogen and oxygen atoms in total. The summed E-state index contributed by atoms with van der Waals surface area (Å²) in [5.74, 6) is 1.50. The van der Waals surface area contributed by atoms with Crippen LogP contribution >= 0.6 is 0 Å². The van der Waals surface area contributed by atoms with Crippen molar-refractivity contribution >= 4 is 0 Å².